The first-order valence-electron chi connectivity index (χ1n) is 8.50. The number of nitrogens with zero attached hydrogens (tertiary/aromatic N) is 2. The summed E-state index contributed by atoms with van der Waals surface area (Å²) in [4.78, 5) is 19.4. The van der Waals surface area contributed by atoms with Gasteiger partial charge in [0, 0.05) is 30.2 Å². The third kappa shape index (κ3) is 3.70. The Hall–Kier alpha value is -1.94. The number of likely N-dealkylation sites (N-methyl/N-ethyl adjacent to an activating group) is 1. The fraction of sp³-hybridized carbons (Fsp3) is 0.474. The number of hydrogen-bond acceptors (Lipinski definition) is 3. The second-order valence-electron chi connectivity index (χ2n) is 6.50. The average molecular weight is 311 g/mol. The molecule has 1 aromatic carbocycles. The van der Waals surface area contributed by atoms with Gasteiger partial charge in [0.15, 0.2) is 0 Å². The molecule has 1 aromatic heterocycles. The van der Waals surface area contributed by atoms with Gasteiger partial charge in [-0.05, 0) is 38.9 Å². The number of para-hydroxylation sites is 1. The minimum atomic E-state index is -0.00785. The van der Waals surface area contributed by atoms with E-state index in [2.05, 4.69) is 22.2 Å². The zero-order valence-electron chi connectivity index (χ0n) is 14.0. The van der Waals surface area contributed by atoms with Crippen LogP contribution in [0.2, 0.25) is 0 Å². The summed E-state index contributed by atoms with van der Waals surface area (Å²) >= 11 is 0. The molecule has 1 amide bonds. The van der Waals surface area contributed by atoms with Crippen LogP contribution in [0, 0.1) is 6.92 Å². The maximum Gasteiger partial charge on any atom is 0.252 e. The molecule has 122 valence electrons. The van der Waals surface area contributed by atoms with Crippen LogP contribution in [0.5, 0.6) is 0 Å². The maximum absolute atomic E-state index is 12.6. The molecule has 1 heterocycles. The van der Waals surface area contributed by atoms with Crippen molar-refractivity contribution in [3.63, 3.8) is 0 Å². The van der Waals surface area contributed by atoms with Gasteiger partial charge >= 0.3 is 0 Å². The number of rotatable bonds is 5. The van der Waals surface area contributed by atoms with Crippen molar-refractivity contribution in [3.05, 3.63) is 41.6 Å². The lowest BCUT2D eigenvalue weighted by Gasteiger charge is -2.24. The Morgan fingerprint density at radius 1 is 1.30 bits per heavy atom. The summed E-state index contributed by atoms with van der Waals surface area (Å²) in [6, 6.07) is 10.4. The Bertz CT molecular complexity index is 692. The SMILES string of the molecule is Cc1cc(C(=O)NCCN(C)C2CCCC2)c2ccccc2n1. The van der Waals surface area contributed by atoms with Crippen LogP contribution >= 0.6 is 0 Å². The van der Waals surface area contributed by atoms with Crippen LogP contribution < -0.4 is 5.32 Å². The highest BCUT2D eigenvalue weighted by molar-refractivity contribution is 6.06. The monoisotopic (exact) mass is 311 g/mol. The van der Waals surface area contributed by atoms with Crippen molar-refractivity contribution in [3.8, 4) is 0 Å². The summed E-state index contributed by atoms with van der Waals surface area (Å²) in [7, 11) is 2.16. The van der Waals surface area contributed by atoms with E-state index in [-0.39, 0.29) is 5.91 Å². The Morgan fingerprint density at radius 2 is 2.04 bits per heavy atom. The highest BCUT2D eigenvalue weighted by atomic mass is 16.1. The number of pyridine rings is 1. The van der Waals surface area contributed by atoms with Gasteiger partial charge in [0.05, 0.1) is 11.1 Å². The highest BCUT2D eigenvalue weighted by Gasteiger charge is 2.19. The van der Waals surface area contributed by atoms with Gasteiger partial charge in [-0.3, -0.25) is 9.78 Å². The molecule has 0 spiro atoms. The number of benzene rings is 1. The van der Waals surface area contributed by atoms with E-state index in [0.717, 1.165) is 28.7 Å². The molecule has 23 heavy (non-hydrogen) atoms. The number of fused-ring (bicyclic) bond motifs is 1. The minimum absolute atomic E-state index is 0.00785. The quantitative estimate of drug-likeness (QED) is 0.922. The van der Waals surface area contributed by atoms with Crippen LogP contribution in [0.25, 0.3) is 10.9 Å². The highest BCUT2D eigenvalue weighted by Crippen LogP contribution is 2.22. The third-order valence-electron chi connectivity index (χ3n) is 4.79. The largest absolute Gasteiger partial charge is 0.351 e. The van der Waals surface area contributed by atoms with Crippen LogP contribution in [0.4, 0.5) is 0 Å². The van der Waals surface area contributed by atoms with Gasteiger partial charge in [-0.2, -0.15) is 0 Å². The maximum atomic E-state index is 12.6. The molecular formula is C19H25N3O. The van der Waals surface area contributed by atoms with Crippen LogP contribution in [0.15, 0.2) is 30.3 Å². The fourth-order valence-corrected chi connectivity index (χ4v) is 3.46. The summed E-state index contributed by atoms with van der Waals surface area (Å²) in [6.07, 6.45) is 5.25. The van der Waals surface area contributed by atoms with Crippen molar-refractivity contribution in [2.75, 3.05) is 20.1 Å². The average Bonchev–Trinajstić information content (AvgIpc) is 3.08. The summed E-state index contributed by atoms with van der Waals surface area (Å²) in [5.74, 6) is -0.00785. The third-order valence-corrected chi connectivity index (χ3v) is 4.79. The van der Waals surface area contributed by atoms with E-state index in [1.165, 1.54) is 25.7 Å². The number of amides is 1. The Balaban J connectivity index is 1.64. The molecule has 0 atom stereocenters. The molecule has 0 aliphatic heterocycles. The van der Waals surface area contributed by atoms with Crippen LogP contribution in [-0.2, 0) is 0 Å². The molecule has 1 N–H and O–H groups in total. The first-order chi connectivity index (χ1) is 11.1. The first-order valence-corrected chi connectivity index (χ1v) is 8.50. The predicted molar refractivity (Wildman–Crippen MR) is 93.7 cm³/mol. The van der Waals surface area contributed by atoms with Gasteiger partial charge in [0.2, 0.25) is 0 Å². The predicted octanol–water partition coefficient (Wildman–Crippen LogP) is 3.15. The zero-order valence-corrected chi connectivity index (χ0v) is 14.0. The van der Waals surface area contributed by atoms with Crippen molar-refractivity contribution in [2.24, 2.45) is 0 Å². The van der Waals surface area contributed by atoms with Crippen molar-refractivity contribution in [1.82, 2.24) is 15.2 Å². The molecule has 1 saturated carbocycles. The normalized spacial score (nSPS) is 15.4. The lowest BCUT2D eigenvalue weighted by Crippen LogP contribution is -2.37. The summed E-state index contributed by atoms with van der Waals surface area (Å²) in [5.41, 5.74) is 2.47. The first kappa shape index (κ1) is 15.9. The Labute approximate surface area is 137 Å². The zero-order chi connectivity index (χ0) is 16.2. The lowest BCUT2D eigenvalue weighted by molar-refractivity contribution is 0.0948. The molecule has 4 heteroatoms. The standard InChI is InChI=1S/C19H25N3O/c1-14-13-17(16-9-5-6-10-18(16)21-14)19(23)20-11-12-22(2)15-7-3-4-8-15/h5-6,9-10,13,15H,3-4,7-8,11-12H2,1-2H3,(H,20,23). The van der Waals surface area contributed by atoms with E-state index < -0.39 is 0 Å². The summed E-state index contributed by atoms with van der Waals surface area (Å²) in [6.45, 7) is 3.51. The molecule has 3 rings (SSSR count). The van der Waals surface area contributed by atoms with Crippen molar-refractivity contribution in [2.45, 2.75) is 38.6 Å². The van der Waals surface area contributed by atoms with Gasteiger partial charge in [-0.15, -0.1) is 0 Å². The lowest BCUT2D eigenvalue weighted by atomic mass is 10.1. The molecule has 2 aromatic rings. The second kappa shape index (κ2) is 7.09. The van der Waals surface area contributed by atoms with Gasteiger partial charge in [-0.25, -0.2) is 0 Å². The molecule has 0 saturated heterocycles. The topological polar surface area (TPSA) is 45.2 Å². The number of carbonyl (C=O) groups is 1. The van der Waals surface area contributed by atoms with Crippen molar-refractivity contribution in [1.29, 1.82) is 0 Å². The number of hydrogen-bond donors (Lipinski definition) is 1. The Kier molecular flexibility index (Phi) is 4.91. The van der Waals surface area contributed by atoms with Crippen molar-refractivity contribution >= 4 is 16.8 Å². The smallest absolute Gasteiger partial charge is 0.252 e. The minimum Gasteiger partial charge on any atom is -0.351 e. The van der Waals surface area contributed by atoms with Gasteiger partial charge in [0.25, 0.3) is 5.91 Å². The van der Waals surface area contributed by atoms with Gasteiger partial charge in [0.1, 0.15) is 0 Å². The molecule has 0 unspecified atom stereocenters. The molecule has 0 bridgehead atoms. The molecule has 0 radical (unpaired) electrons. The van der Waals surface area contributed by atoms with Crippen LogP contribution in [0.3, 0.4) is 0 Å². The van der Waals surface area contributed by atoms with Gasteiger partial charge < -0.3 is 10.2 Å². The molecule has 1 aliphatic carbocycles. The van der Waals surface area contributed by atoms with E-state index >= 15 is 0 Å². The molecule has 4 nitrogen and oxygen atoms in total. The molecular weight excluding hydrogens is 286 g/mol. The van der Waals surface area contributed by atoms with Gasteiger partial charge in [-0.1, -0.05) is 31.0 Å². The summed E-state index contributed by atoms with van der Waals surface area (Å²) in [5, 5.41) is 3.98. The van der Waals surface area contributed by atoms with Crippen molar-refractivity contribution < 1.29 is 4.79 Å². The molecule has 1 fully saturated rings. The van der Waals surface area contributed by atoms with E-state index in [1.807, 2.05) is 37.3 Å². The number of aryl methyl sites for hydroxylation is 1. The van der Waals surface area contributed by atoms with Crippen LogP contribution in [-0.4, -0.2) is 42.0 Å². The Morgan fingerprint density at radius 3 is 2.83 bits per heavy atom. The van der Waals surface area contributed by atoms with E-state index in [9.17, 15) is 4.79 Å². The number of carbonyl (C=O) groups excluding carboxylic acids is 1. The van der Waals surface area contributed by atoms with E-state index in [1.54, 1.807) is 0 Å². The fourth-order valence-electron chi connectivity index (χ4n) is 3.46. The van der Waals surface area contributed by atoms with E-state index in [4.69, 9.17) is 0 Å². The van der Waals surface area contributed by atoms with Crippen LogP contribution in [0.1, 0.15) is 41.7 Å². The molecule has 1 aliphatic rings. The second-order valence-corrected chi connectivity index (χ2v) is 6.50. The number of nitrogens with one attached hydrogen (secondary N) is 1. The number of aromatic nitrogens is 1. The summed E-state index contributed by atoms with van der Waals surface area (Å²) < 4.78 is 0. The van der Waals surface area contributed by atoms with E-state index in [0.29, 0.717) is 12.6 Å².